The van der Waals surface area contributed by atoms with Crippen LogP contribution in [0.25, 0.3) is 10.9 Å². The third-order valence-electron chi connectivity index (χ3n) is 6.30. The molecule has 0 N–H and O–H groups in total. The quantitative estimate of drug-likeness (QED) is 0.360. The van der Waals surface area contributed by atoms with Gasteiger partial charge in [0.2, 0.25) is 0 Å². The van der Waals surface area contributed by atoms with E-state index in [0.29, 0.717) is 6.42 Å². The third-order valence-corrected chi connectivity index (χ3v) is 6.30. The zero-order chi connectivity index (χ0) is 19.8. The van der Waals surface area contributed by atoms with E-state index in [1.54, 1.807) is 0 Å². The number of Topliss-reactive ketones (excluding diaryl/α,β-unsaturated/α-hetero) is 1. The summed E-state index contributed by atoms with van der Waals surface area (Å²) in [6, 6.07) is 27.4. The van der Waals surface area contributed by atoms with E-state index in [1.165, 1.54) is 16.7 Å². The molecule has 0 spiro atoms. The first-order valence-corrected chi connectivity index (χ1v) is 10.4. The number of carbonyl (C=O) groups excluding carboxylic acids is 1. The van der Waals surface area contributed by atoms with E-state index in [1.807, 2.05) is 18.2 Å². The Kier molecular flexibility index (Phi) is 4.35. The zero-order valence-electron chi connectivity index (χ0n) is 16.8. The number of nitrogens with zero attached hydrogens (tertiary/aromatic N) is 1. The number of rotatable bonds is 6. The number of ketones is 1. The topological polar surface area (TPSA) is 22.0 Å². The van der Waals surface area contributed by atoms with E-state index >= 15 is 0 Å². The van der Waals surface area contributed by atoms with Crippen molar-refractivity contribution in [3.8, 4) is 0 Å². The normalized spacial score (nSPS) is 14.8. The molecule has 0 bridgehead atoms. The van der Waals surface area contributed by atoms with Crippen LogP contribution in [0.2, 0.25) is 0 Å². The number of aryl methyl sites for hydroxylation is 1. The molecule has 1 aliphatic carbocycles. The minimum absolute atomic E-state index is 0.0315. The van der Waals surface area contributed by atoms with E-state index in [9.17, 15) is 4.79 Å². The number of para-hydroxylation sites is 1. The van der Waals surface area contributed by atoms with E-state index in [-0.39, 0.29) is 11.2 Å². The smallest absolute Gasteiger partial charge is 0.165 e. The largest absolute Gasteiger partial charge is 0.342 e. The zero-order valence-corrected chi connectivity index (χ0v) is 16.8. The summed E-state index contributed by atoms with van der Waals surface area (Å²) in [7, 11) is 0. The summed E-state index contributed by atoms with van der Waals surface area (Å²) in [5.74, 6) is 0.252. The molecule has 1 saturated carbocycles. The van der Waals surface area contributed by atoms with Crippen molar-refractivity contribution in [1.82, 2.24) is 4.57 Å². The number of hydrogen-bond acceptors (Lipinski definition) is 1. The van der Waals surface area contributed by atoms with Crippen molar-refractivity contribution in [2.45, 2.75) is 38.1 Å². The molecule has 0 amide bonds. The van der Waals surface area contributed by atoms with Crippen LogP contribution in [0.4, 0.5) is 0 Å². The highest BCUT2D eigenvalue weighted by atomic mass is 16.1. The summed E-state index contributed by atoms with van der Waals surface area (Å²) in [4.78, 5) is 13.4. The van der Waals surface area contributed by atoms with Gasteiger partial charge in [0.1, 0.15) is 0 Å². The van der Waals surface area contributed by atoms with E-state index < -0.39 is 0 Å². The van der Waals surface area contributed by atoms with Gasteiger partial charge in [-0.1, -0.05) is 72.3 Å². The van der Waals surface area contributed by atoms with Gasteiger partial charge in [-0.05, 0) is 43.0 Å². The fourth-order valence-corrected chi connectivity index (χ4v) is 4.43. The lowest BCUT2D eigenvalue weighted by Gasteiger charge is -2.16. The predicted octanol–water partition coefficient (Wildman–Crippen LogP) is 6.30. The Balaban J connectivity index is 1.47. The van der Waals surface area contributed by atoms with Gasteiger partial charge in [-0.2, -0.15) is 0 Å². The summed E-state index contributed by atoms with van der Waals surface area (Å²) in [5, 5.41) is 1.13. The van der Waals surface area contributed by atoms with Gasteiger partial charge in [0.25, 0.3) is 0 Å². The maximum Gasteiger partial charge on any atom is 0.165 e. The number of carbonyl (C=O) groups is 1. The number of aromatic nitrogens is 1. The highest BCUT2D eigenvalue weighted by Gasteiger charge is 2.45. The standard InChI is InChI=1S/C27H25NO/c1-20-10-12-23(13-11-20)27(15-16-27)18-25(29)24-9-5-8-22-14-17-28(26(22)24)19-21-6-3-2-4-7-21/h2-14,17H,15-16,18-19H2,1H3. The van der Waals surface area contributed by atoms with Gasteiger partial charge in [-0.25, -0.2) is 0 Å². The fourth-order valence-electron chi connectivity index (χ4n) is 4.43. The molecule has 2 nitrogen and oxygen atoms in total. The molecule has 5 rings (SSSR count). The van der Waals surface area contributed by atoms with Crippen LogP contribution >= 0.6 is 0 Å². The van der Waals surface area contributed by atoms with Gasteiger partial charge in [-0.3, -0.25) is 4.79 Å². The Morgan fingerprint density at radius 3 is 2.38 bits per heavy atom. The molecule has 144 valence electrons. The average molecular weight is 380 g/mol. The van der Waals surface area contributed by atoms with Crippen molar-refractivity contribution in [3.05, 3.63) is 107 Å². The second-order valence-electron chi connectivity index (χ2n) is 8.42. The second kappa shape index (κ2) is 7.04. The Labute approximate surface area is 171 Å². The second-order valence-corrected chi connectivity index (χ2v) is 8.42. The summed E-state index contributed by atoms with van der Waals surface area (Å²) in [6.45, 7) is 2.88. The predicted molar refractivity (Wildman–Crippen MR) is 119 cm³/mol. The van der Waals surface area contributed by atoms with E-state index in [4.69, 9.17) is 0 Å². The van der Waals surface area contributed by atoms with Crippen LogP contribution in [0.1, 0.15) is 46.3 Å². The van der Waals surface area contributed by atoms with Crippen molar-refractivity contribution in [2.24, 2.45) is 0 Å². The van der Waals surface area contributed by atoms with Crippen LogP contribution in [-0.2, 0) is 12.0 Å². The lowest BCUT2D eigenvalue weighted by molar-refractivity contribution is 0.0971. The van der Waals surface area contributed by atoms with Crippen molar-refractivity contribution in [3.63, 3.8) is 0 Å². The highest BCUT2D eigenvalue weighted by molar-refractivity contribution is 6.07. The molecule has 3 aromatic carbocycles. The van der Waals surface area contributed by atoms with Crippen molar-refractivity contribution in [2.75, 3.05) is 0 Å². The van der Waals surface area contributed by atoms with Crippen LogP contribution in [0.5, 0.6) is 0 Å². The van der Waals surface area contributed by atoms with Gasteiger partial charge in [0.15, 0.2) is 5.78 Å². The average Bonchev–Trinajstić information content (AvgIpc) is 3.41. The van der Waals surface area contributed by atoms with Crippen LogP contribution in [0, 0.1) is 6.92 Å². The molecule has 0 saturated heterocycles. The molecular formula is C27H25NO. The van der Waals surface area contributed by atoms with Gasteiger partial charge < -0.3 is 4.57 Å². The number of benzene rings is 3. The molecule has 0 radical (unpaired) electrons. The summed E-state index contributed by atoms with van der Waals surface area (Å²) in [6.07, 6.45) is 4.89. The third kappa shape index (κ3) is 3.40. The van der Waals surface area contributed by atoms with Crippen LogP contribution in [0.3, 0.4) is 0 Å². The number of fused-ring (bicyclic) bond motifs is 1. The molecule has 1 heterocycles. The van der Waals surface area contributed by atoms with Crippen LogP contribution in [-0.4, -0.2) is 10.4 Å². The van der Waals surface area contributed by atoms with E-state index in [2.05, 4.69) is 78.4 Å². The molecular weight excluding hydrogens is 354 g/mol. The molecule has 0 unspecified atom stereocenters. The monoisotopic (exact) mass is 379 g/mol. The highest BCUT2D eigenvalue weighted by Crippen LogP contribution is 2.51. The fraction of sp³-hybridized carbons (Fsp3) is 0.222. The molecule has 4 aromatic rings. The maximum atomic E-state index is 13.4. The molecule has 1 fully saturated rings. The van der Waals surface area contributed by atoms with Gasteiger partial charge in [0.05, 0.1) is 5.52 Å². The Morgan fingerprint density at radius 1 is 0.897 bits per heavy atom. The van der Waals surface area contributed by atoms with Crippen molar-refractivity contribution in [1.29, 1.82) is 0 Å². The van der Waals surface area contributed by atoms with Crippen LogP contribution in [0.15, 0.2) is 85.1 Å². The lowest BCUT2D eigenvalue weighted by Crippen LogP contribution is -2.15. The van der Waals surface area contributed by atoms with E-state index in [0.717, 1.165) is 35.9 Å². The van der Waals surface area contributed by atoms with Crippen LogP contribution < -0.4 is 0 Å². The Morgan fingerprint density at radius 2 is 1.66 bits per heavy atom. The first-order valence-electron chi connectivity index (χ1n) is 10.4. The minimum atomic E-state index is 0.0315. The molecule has 29 heavy (non-hydrogen) atoms. The number of hydrogen-bond donors (Lipinski definition) is 0. The molecule has 1 aromatic heterocycles. The van der Waals surface area contributed by atoms with Crippen molar-refractivity contribution < 1.29 is 4.79 Å². The van der Waals surface area contributed by atoms with Gasteiger partial charge >= 0.3 is 0 Å². The Bertz CT molecular complexity index is 1160. The first-order chi connectivity index (χ1) is 14.1. The summed E-state index contributed by atoms with van der Waals surface area (Å²) >= 11 is 0. The molecule has 2 heteroatoms. The van der Waals surface area contributed by atoms with Gasteiger partial charge in [-0.15, -0.1) is 0 Å². The summed E-state index contributed by atoms with van der Waals surface area (Å²) < 4.78 is 2.21. The minimum Gasteiger partial charge on any atom is -0.342 e. The SMILES string of the molecule is Cc1ccc(C2(CC(=O)c3cccc4ccn(Cc5ccccc5)c34)CC2)cc1. The Hall–Kier alpha value is -3.13. The van der Waals surface area contributed by atoms with Crippen molar-refractivity contribution >= 4 is 16.7 Å². The maximum absolute atomic E-state index is 13.4. The molecule has 0 atom stereocenters. The molecule has 1 aliphatic rings. The first kappa shape index (κ1) is 17.9. The lowest BCUT2D eigenvalue weighted by atomic mass is 9.88. The van der Waals surface area contributed by atoms with Gasteiger partial charge in [0, 0.05) is 35.5 Å². The summed E-state index contributed by atoms with van der Waals surface area (Å²) in [5.41, 5.74) is 5.75. The molecule has 0 aliphatic heterocycles.